The van der Waals surface area contributed by atoms with Crippen LogP contribution < -0.4 is 0 Å². The highest BCUT2D eigenvalue weighted by Gasteiger charge is 2.30. The van der Waals surface area contributed by atoms with Crippen LogP contribution in [0.5, 0.6) is 0 Å². The quantitative estimate of drug-likeness (QED) is 0.683. The van der Waals surface area contributed by atoms with Crippen LogP contribution in [0.15, 0.2) is 0 Å². The predicted octanol–water partition coefficient (Wildman–Crippen LogP) is 0.964. The number of thioether (sulfide) groups is 1. The summed E-state index contributed by atoms with van der Waals surface area (Å²) in [6, 6.07) is 2.60. The first-order valence-corrected chi connectivity index (χ1v) is 6.36. The summed E-state index contributed by atoms with van der Waals surface area (Å²) < 4.78 is 5.30. The molecule has 14 heavy (non-hydrogen) atoms. The molecule has 2 atom stereocenters. The molecule has 2 aliphatic rings. The van der Waals surface area contributed by atoms with E-state index in [4.69, 9.17) is 4.74 Å². The van der Waals surface area contributed by atoms with Gasteiger partial charge in [-0.25, -0.2) is 0 Å². The molecule has 0 spiro atoms. The molecule has 2 heterocycles. The Hall–Kier alpha value is -0.240. The van der Waals surface area contributed by atoms with Crippen LogP contribution in [0.25, 0.3) is 0 Å². The van der Waals surface area contributed by atoms with Crippen LogP contribution in [0.2, 0.25) is 0 Å². The van der Waals surface area contributed by atoms with E-state index in [1.165, 1.54) is 12.2 Å². The smallest absolute Gasteiger partial charge is 0.102 e. The average molecular weight is 212 g/mol. The monoisotopic (exact) mass is 212 g/mol. The van der Waals surface area contributed by atoms with E-state index in [2.05, 4.69) is 11.0 Å². The van der Waals surface area contributed by atoms with E-state index in [1.807, 2.05) is 11.8 Å². The lowest BCUT2D eigenvalue weighted by Gasteiger charge is -2.33. The highest BCUT2D eigenvalue weighted by Crippen LogP contribution is 2.28. The minimum absolute atomic E-state index is 0.133. The molecule has 2 saturated heterocycles. The van der Waals surface area contributed by atoms with Gasteiger partial charge in [-0.1, -0.05) is 0 Å². The molecule has 4 heteroatoms. The van der Waals surface area contributed by atoms with Gasteiger partial charge in [0.05, 0.1) is 19.3 Å². The van der Waals surface area contributed by atoms with Gasteiger partial charge < -0.3 is 4.74 Å². The maximum Gasteiger partial charge on any atom is 0.102 e. The second-order valence-electron chi connectivity index (χ2n) is 3.85. The van der Waals surface area contributed by atoms with Gasteiger partial charge in [0.1, 0.15) is 6.04 Å². The zero-order valence-corrected chi connectivity index (χ0v) is 9.13. The van der Waals surface area contributed by atoms with E-state index >= 15 is 0 Å². The molecule has 2 rings (SSSR count). The molecule has 0 aromatic heterocycles. The third-order valence-corrected chi connectivity index (χ3v) is 4.17. The highest BCUT2D eigenvalue weighted by atomic mass is 32.2. The van der Waals surface area contributed by atoms with Crippen molar-refractivity contribution in [3.63, 3.8) is 0 Å². The van der Waals surface area contributed by atoms with Gasteiger partial charge in [-0.05, 0) is 23.8 Å². The van der Waals surface area contributed by atoms with Gasteiger partial charge in [-0.15, -0.1) is 0 Å². The topological polar surface area (TPSA) is 36.3 Å². The van der Waals surface area contributed by atoms with Gasteiger partial charge in [0.15, 0.2) is 0 Å². The van der Waals surface area contributed by atoms with E-state index in [-0.39, 0.29) is 6.04 Å². The molecule has 0 aromatic carbocycles. The molecular formula is C10H16N2OS. The van der Waals surface area contributed by atoms with Crippen LogP contribution in [0, 0.1) is 17.2 Å². The Balaban J connectivity index is 1.93. The number of ether oxygens (including phenoxy) is 1. The number of nitrogens with zero attached hydrogens (tertiary/aromatic N) is 2. The van der Waals surface area contributed by atoms with Crippen molar-refractivity contribution in [2.75, 3.05) is 37.8 Å². The summed E-state index contributed by atoms with van der Waals surface area (Å²) in [4.78, 5) is 2.29. The van der Waals surface area contributed by atoms with Gasteiger partial charge in [-0.2, -0.15) is 17.0 Å². The lowest BCUT2D eigenvalue weighted by atomic mass is 9.98. The molecule has 0 N–H and O–H groups in total. The van der Waals surface area contributed by atoms with E-state index in [1.54, 1.807) is 0 Å². The average Bonchev–Trinajstić information content (AvgIpc) is 2.74. The van der Waals surface area contributed by atoms with E-state index in [0.717, 1.165) is 32.1 Å². The van der Waals surface area contributed by atoms with Gasteiger partial charge in [-0.3, -0.25) is 4.90 Å². The van der Waals surface area contributed by atoms with Crippen LogP contribution in [0.1, 0.15) is 6.42 Å². The molecular weight excluding hydrogens is 196 g/mol. The molecule has 0 aromatic rings. The number of morpholine rings is 1. The standard InChI is InChI=1S/C10H16N2OS/c11-7-10(9-1-6-14-8-9)12-2-4-13-5-3-12/h9-10H,1-6,8H2. The maximum absolute atomic E-state index is 9.20. The number of hydrogen-bond acceptors (Lipinski definition) is 4. The summed E-state index contributed by atoms with van der Waals surface area (Å²) in [5, 5.41) is 9.20. The Morgan fingerprint density at radius 1 is 1.43 bits per heavy atom. The fourth-order valence-electron chi connectivity index (χ4n) is 2.14. The zero-order valence-electron chi connectivity index (χ0n) is 8.32. The van der Waals surface area contributed by atoms with E-state index < -0.39 is 0 Å². The van der Waals surface area contributed by atoms with Crippen LogP contribution in [0.3, 0.4) is 0 Å². The van der Waals surface area contributed by atoms with E-state index in [9.17, 15) is 5.26 Å². The Bertz CT molecular complexity index is 217. The first-order valence-electron chi connectivity index (χ1n) is 5.21. The summed E-state index contributed by atoms with van der Waals surface area (Å²) in [5.41, 5.74) is 0. The van der Waals surface area contributed by atoms with Crippen molar-refractivity contribution in [3.05, 3.63) is 0 Å². The summed E-state index contributed by atoms with van der Waals surface area (Å²) in [6.45, 7) is 3.44. The second kappa shape index (κ2) is 5.01. The fraction of sp³-hybridized carbons (Fsp3) is 0.900. The van der Waals surface area contributed by atoms with Crippen molar-refractivity contribution in [1.29, 1.82) is 5.26 Å². The molecule has 0 amide bonds. The first-order chi connectivity index (χ1) is 6.92. The summed E-state index contributed by atoms with van der Waals surface area (Å²) in [7, 11) is 0. The maximum atomic E-state index is 9.20. The molecule has 2 fully saturated rings. The first kappa shape index (κ1) is 10.3. The lowest BCUT2D eigenvalue weighted by Crippen LogP contribution is -2.46. The predicted molar refractivity (Wildman–Crippen MR) is 57.2 cm³/mol. The molecule has 3 nitrogen and oxygen atoms in total. The van der Waals surface area contributed by atoms with Crippen LogP contribution in [-0.4, -0.2) is 48.8 Å². The van der Waals surface area contributed by atoms with Crippen LogP contribution in [0.4, 0.5) is 0 Å². The van der Waals surface area contributed by atoms with Crippen molar-refractivity contribution in [3.8, 4) is 6.07 Å². The molecule has 0 bridgehead atoms. The molecule has 2 unspecified atom stereocenters. The van der Waals surface area contributed by atoms with E-state index in [0.29, 0.717) is 5.92 Å². The lowest BCUT2D eigenvalue weighted by molar-refractivity contribution is 0.0182. The Kier molecular flexibility index (Phi) is 3.68. The van der Waals surface area contributed by atoms with Crippen molar-refractivity contribution in [2.24, 2.45) is 5.92 Å². The van der Waals surface area contributed by atoms with Gasteiger partial charge in [0.25, 0.3) is 0 Å². The Morgan fingerprint density at radius 2 is 2.21 bits per heavy atom. The summed E-state index contributed by atoms with van der Waals surface area (Å²) in [6.07, 6.45) is 1.21. The summed E-state index contributed by atoms with van der Waals surface area (Å²) >= 11 is 1.98. The second-order valence-corrected chi connectivity index (χ2v) is 5.00. The normalized spacial score (nSPS) is 31.2. The molecule has 78 valence electrons. The third-order valence-electron chi connectivity index (χ3n) is 2.98. The Labute approximate surface area is 89.4 Å². The van der Waals surface area contributed by atoms with Crippen molar-refractivity contribution in [1.82, 2.24) is 4.90 Å². The molecule has 2 aliphatic heterocycles. The largest absolute Gasteiger partial charge is 0.379 e. The third kappa shape index (κ3) is 2.22. The number of hydrogen-bond donors (Lipinski definition) is 0. The summed E-state index contributed by atoms with van der Waals surface area (Å²) in [5.74, 6) is 2.98. The zero-order chi connectivity index (χ0) is 9.80. The Morgan fingerprint density at radius 3 is 2.79 bits per heavy atom. The van der Waals surface area contributed by atoms with Crippen LogP contribution >= 0.6 is 11.8 Å². The molecule has 0 saturated carbocycles. The minimum Gasteiger partial charge on any atom is -0.379 e. The number of nitriles is 1. The SMILES string of the molecule is N#CC(C1CCSC1)N1CCOCC1. The van der Waals surface area contributed by atoms with Gasteiger partial charge in [0, 0.05) is 13.1 Å². The van der Waals surface area contributed by atoms with Crippen molar-refractivity contribution >= 4 is 11.8 Å². The number of rotatable bonds is 2. The van der Waals surface area contributed by atoms with Crippen molar-refractivity contribution < 1.29 is 4.74 Å². The fourth-order valence-corrected chi connectivity index (χ4v) is 3.43. The van der Waals surface area contributed by atoms with Crippen molar-refractivity contribution in [2.45, 2.75) is 12.5 Å². The van der Waals surface area contributed by atoms with Gasteiger partial charge >= 0.3 is 0 Å². The molecule has 0 aliphatic carbocycles. The van der Waals surface area contributed by atoms with Gasteiger partial charge in [0.2, 0.25) is 0 Å². The minimum atomic E-state index is 0.133. The molecule has 0 radical (unpaired) electrons. The highest BCUT2D eigenvalue weighted by molar-refractivity contribution is 7.99. The van der Waals surface area contributed by atoms with Crippen LogP contribution in [-0.2, 0) is 4.74 Å².